The minimum Gasteiger partial charge on any atom is -0.497 e. The Morgan fingerprint density at radius 3 is 2.47 bits per heavy atom. The van der Waals surface area contributed by atoms with E-state index in [4.69, 9.17) is 9.47 Å². The van der Waals surface area contributed by atoms with Crippen molar-refractivity contribution >= 4 is 34.5 Å². The van der Waals surface area contributed by atoms with Gasteiger partial charge in [0.25, 0.3) is 11.5 Å². The van der Waals surface area contributed by atoms with Crippen LogP contribution in [0.3, 0.4) is 0 Å². The van der Waals surface area contributed by atoms with E-state index in [-0.39, 0.29) is 18.1 Å². The lowest BCUT2D eigenvalue weighted by atomic mass is 9.96. The van der Waals surface area contributed by atoms with E-state index in [1.165, 1.54) is 4.57 Å². The molecular weight excluding hydrogens is 478 g/mol. The van der Waals surface area contributed by atoms with Gasteiger partial charge in [-0.05, 0) is 44.5 Å². The maximum absolute atomic E-state index is 14.0. The van der Waals surface area contributed by atoms with E-state index in [1.54, 1.807) is 38.0 Å². The normalized spacial score (nSPS) is 18.1. The Labute approximate surface area is 211 Å². The third-order valence-corrected chi connectivity index (χ3v) is 7.44. The first-order valence-corrected chi connectivity index (χ1v) is 12.5. The third-order valence-electron chi connectivity index (χ3n) is 6.39. The number of benzene rings is 2. The minimum absolute atomic E-state index is 0.192. The number of ether oxygens (including phenoxy) is 2. The van der Waals surface area contributed by atoms with Crippen molar-refractivity contribution in [3.05, 3.63) is 90.6 Å². The van der Waals surface area contributed by atoms with Crippen LogP contribution in [0.25, 0.3) is 5.57 Å². The summed E-state index contributed by atoms with van der Waals surface area (Å²) in [5, 5.41) is 0. The number of hydrogen-bond acceptors (Lipinski definition) is 7. The van der Waals surface area contributed by atoms with E-state index in [0.717, 1.165) is 22.6 Å². The fourth-order valence-corrected chi connectivity index (χ4v) is 5.89. The van der Waals surface area contributed by atoms with E-state index < -0.39 is 12.0 Å². The van der Waals surface area contributed by atoms with Gasteiger partial charge in [-0.3, -0.25) is 14.2 Å². The first-order chi connectivity index (χ1) is 17.4. The highest BCUT2D eigenvalue weighted by molar-refractivity contribution is 7.07. The zero-order valence-corrected chi connectivity index (χ0v) is 21.2. The molecule has 36 heavy (non-hydrogen) atoms. The first-order valence-electron chi connectivity index (χ1n) is 11.7. The maximum atomic E-state index is 14.0. The molecule has 0 spiro atoms. The van der Waals surface area contributed by atoms with Crippen LogP contribution in [0.4, 0.5) is 5.69 Å². The first kappa shape index (κ1) is 23.7. The monoisotopic (exact) mass is 503 g/mol. The summed E-state index contributed by atoms with van der Waals surface area (Å²) in [6, 6.07) is 13.9. The highest BCUT2D eigenvalue weighted by atomic mass is 32.1. The second kappa shape index (κ2) is 9.23. The number of likely N-dealkylation sites (N-methyl/N-ethyl adjacent to an activating group) is 1. The third kappa shape index (κ3) is 3.58. The molecule has 1 unspecified atom stereocenters. The number of fused-ring (bicyclic) bond motifs is 2. The molecule has 0 N–H and O–H groups in total. The number of para-hydroxylation sites is 1. The van der Waals surface area contributed by atoms with Gasteiger partial charge >= 0.3 is 5.97 Å². The van der Waals surface area contributed by atoms with E-state index in [9.17, 15) is 14.4 Å². The average Bonchev–Trinajstić information content (AvgIpc) is 3.35. The van der Waals surface area contributed by atoms with Gasteiger partial charge in [0.2, 0.25) is 0 Å². The van der Waals surface area contributed by atoms with Crippen molar-refractivity contribution < 1.29 is 19.1 Å². The lowest BCUT2D eigenvalue weighted by Gasteiger charge is -2.24. The Bertz CT molecular complexity index is 1600. The standard InChI is InChI=1S/C27H25N3O5S/c1-5-29-19-10-8-7-9-18(19)21(24(29)31)23-25(32)30-22(16-11-13-17(34-4)14-12-16)20(26(33)35-6-2)15(3)28-27(30)36-23/h7-14,22H,5-6H2,1-4H3/b23-21+. The Morgan fingerprint density at radius 2 is 1.81 bits per heavy atom. The lowest BCUT2D eigenvalue weighted by molar-refractivity contribution is -0.139. The molecule has 0 saturated heterocycles. The maximum Gasteiger partial charge on any atom is 0.338 e. The van der Waals surface area contributed by atoms with Gasteiger partial charge < -0.3 is 14.4 Å². The van der Waals surface area contributed by atoms with Gasteiger partial charge in [-0.25, -0.2) is 9.79 Å². The molecule has 3 aromatic rings. The Hall–Kier alpha value is -3.98. The molecule has 0 aliphatic carbocycles. The van der Waals surface area contributed by atoms with Crippen LogP contribution in [0, 0.1) is 0 Å². The van der Waals surface area contributed by atoms with Gasteiger partial charge in [0.1, 0.15) is 10.3 Å². The van der Waals surface area contributed by atoms with E-state index in [1.807, 2.05) is 43.3 Å². The van der Waals surface area contributed by atoms with Crippen LogP contribution in [-0.2, 0) is 14.3 Å². The van der Waals surface area contributed by atoms with Crippen LogP contribution in [0.15, 0.2) is 69.6 Å². The summed E-state index contributed by atoms with van der Waals surface area (Å²) in [6.07, 6.45) is 0. The van der Waals surface area contributed by atoms with Crippen molar-refractivity contribution in [3.8, 4) is 5.75 Å². The largest absolute Gasteiger partial charge is 0.497 e. The fraction of sp³-hybridized carbons (Fsp3) is 0.259. The number of esters is 1. The van der Waals surface area contributed by atoms with Gasteiger partial charge in [-0.1, -0.05) is 41.7 Å². The van der Waals surface area contributed by atoms with Crippen LogP contribution in [-0.4, -0.2) is 36.7 Å². The number of aromatic nitrogens is 1. The molecule has 3 heterocycles. The molecule has 1 aromatic heterocycles. The number of anilines is 1. The van der Waals surface area contributed by atoms with E-state index in [0.29, 0.717) is 44.0 Å². The zero-order valence-electron chi connectivity index (χ0n) is 20.4. The number of allylic oxidation sites excluding steroid dienone is 1. The van der Waals surface area contributed by atoms with Gasteiger partial charge in [0.15, 0.2) is 4.80 Å². The number of carbonyl (C=O) groups is 2. The van der Waals surface area contributed by atoms with Gasteiger partial charge in [0, 0.05) is 12.1 Å². The topological polar surface area (TPSA) is 90.2 Å². The van der Waals surface area contributed by atoms with Gasteiger partial charge in [-0.2, -0.15) is 0 Å². The number of methoxy groups -OCH3 is 1. The van der Waals surface area contributed by atoms with Crippen LogP contribution in [0.5, 0.6) is 5.75 Å². The highest BCUT2D eigenvalue weighted by Gasteiger charge is 2.36. The Balaban J connectivity index is 1.81. The van der Waals surface area contributed by atoms with Crippen LogP contribution in [0.1, 0.15) is 37.9 Å². The lowest BCUT2D eigenvalue weighted by Crippen LogP contribution is -2.41. The summed E-state index contributed by atoms with van der Waals surface area (Å²) in [7, 11) is 1.57. The number of amides is 1. The predicted octanol–water partition coefficient (Wildman–Crippen LogP) is 2.54. The second-order valence-corrected chi connectivity index (χ2v) is 9.32. The molecule has 2 aliphatic heterocycles. The highest BCUT2D eigenvalue weighted by Crippen LogP contribution is 2.35. The molecule has 0 saturated carbocycles. The fourth-order valence-electron chi connectivity index (χ4n) is 4.76. The molecule has 1 amide bonds. The summed E-state index contributed by atoms with van der Waals surface area (Å²) < 4.78 is 12.4. The Kier molecular flexibility index (Phi) is 6.09. The van der Waals surface area contributed by atoms with E-state index in [2.05, 4.69) is 4.99 Å². The summed E-state index contributed by atoms with van der Waals surface area (Å²) in [4.78, 5) is 47.2. The van der Waals surface area contributed by atoms with Crippen molar-refractivity contribution in [2.24, 2.45) is 4.99 Å². The second-order valence-electron chi connectivity index (χ2n) is 8.34. The van der Waals surface area contributed by atoms with E-state index >= 15 is 0 Å². The smallest absolute Gasteiger partial charge is 0.338 e. The molecular formula is C27H25N3O5S. The molecule has 5 rings (SSSR count). The van der Waals surface area contributed by atoms with Gasteiger partial charge in [0.05, 0.1) is 42.3 Å². The summed E-state index contributed by atoms with van der Waals surface area (Å²) in [5.74, 6) is -0.0946. The summed E-state index contributed by atoms with van der Waals surface area (Å²) in [6.45, 7) is 6.04. The molecule has 2 aromatic carbocycles. The molecule has 8 nitrogen and oxygen atoms in total. The van der Waals surface area contributed by atoms with Crippen molar-refractivity contribution in [1.82, 2.24) is 4.57 Å². The number of carbonyl (C=O) groups excluding carboxylic acids is 2. The Morgan fingerprint density at radius 1 is 1.08 bits per heavy atom. The zero-order chi connectivity index (χ0) is 25.6. The van der Waals surface area contributed by atoms with Crippen molar-refractivity contribution in [3.63, 3.8) is 0 Å². The molecule has 2 aliphatic rings. The van der Waals surface area contributed by atoms with Crippen molar-refractivity contribution in [1.29, 1.82) is 0 Å². The molecule has 0 radical (unpaired) electrons. The van der Waals surface area contributed by atoms with Crippen molar-refractivity contribution in [2.45, 2.75) is 26.8 Å². The van der Waals surface area contributed by atoms with Crippen molar-refractivity contribution in [2.75, 3.05) is 25.2 Å². The molecule has 0 bridgehead atoms. The molecule has 9 heteroatoms. The average molecular weight is 504 g/mol. The molecule has 184 valence electrons. The minimum atomic E-state index is -0.755. The summed E-state index contributed by atoms with van der Waals surface area (Å²) in [5.41, 5.74) is 2.96. The number of thiazole rings is 1. The number of nitrogens with zero attached hydrogens (tertiary/aromatic N) is 3. The van der Waals surface area contributed by atoms with Crippen LogP contribution < -0.4 is 24.5 Å². The van der Waals surface area contributed by atoms with Gasteiger partial charge in [-0.15, -0.1) is 0 Å². The summed E-state index contributed by atoms with van der Waals surface area (Å²) >= 11 is 1.16. The SMILES string of the molecule is CCOC(=O)C1=C(C)N=c2s/c(=C3/C(=O)N(CC)c4ccccc43)c(=O)n2C1c1ccc(OC)cc1. The number of rotatable bonds is 5. The molecule has 0 fully saturated rings. The number of hydrogen-bond donors (Lipinski definition) is 0. The quantitative estimate of drug-likeness (QED) is 0.499. The molecule has 1 atom stereocenters. The van der Waals surface area contributed by atoms with Crippen LogP contribution in [0.2, 0.25) is 0 Å². The predicted molar refractivity (Wildman–Crippen MR) is 137 cm³/mol. The van der Waals surface area contributed by atoms with Crippen LogP contribution >= 0.6 is 11.3 Å².